The highest BCUT2D eigenvalue weighted by molar-refractivity contribution is 7.98. The Kier molecular flexibility index (Phi) is 5.10. The van der Waals surface area contributed by atoms with Crippen molar-refractivity contribution in [3.63, 3.8) is 0 Å². The van der Waals surface area contributed by atoms with Gasteiger partial charge in [0.05, 0.1) is 18.5 Å². The van der Waals surface area contributed by atoms with E-state index in [1.807, 2.05) is 41.0 Å². The lowest BCUT2D eigenvalue weighted by molar-refractivity contribution is 0.270. The van der Waals surface area contributed by atoms with Crippen molar-refractivity contribution in [2.45, 2.75) is 24.1 Å². The molecule has 0 bridgehead atoms. The largest absolute Gasteiger partial charge is 0.390 e. The minimum absolute atomic E-state index is 0.0552. The number of aliphatic hydroxyl groups is 1. The molecule has 0 radical (unpaired) electrons. The minimum atomic E-state index is -0.230. The zero-order chi connectivity index (χ0) is 16.1. The van der Waals surface area contributed by atoms with Crippen LogP contribution in [-0.4, -0.2) is 14.7 Å². The Labute approximate surface area is 138 Å². The monoisotopic (exact) mass is 328 g/mol. The Morgan fingerprint density at radius 3 is 2.57 bits per heavy atom. The molecular formula is C18H17FN2OS. The van der Waals surface area contributed by atoms with E-state index >= 15 is 0 Å². The van der Waals surface area contributed by atoms with Crippen molar-refractivity contribution < 1.29 is 9.50 Å². The summed E-state index contributed by atoms with van der Waals surface area (Å²) in [6.45, 7) is 0.600. The van der Waals surface area contributed by atoms with Crippen LogP contribution in [0.1, 0.15) is 16.8 Å². The first-order chi connectivity index (χ1) is 11.3. The van der Waals surface area contributed by atoms with Crippen LogP contribution in [0.5, 0.6) is 0 Å². The van der Waals surface area contributed by atoms with Crippen LogP contribution >= 0.6 is 11.8 Å². The predicted octanol–water partition coefficient (Wildman–Crippen LogP) is 3.86. The zero-order valence-corrected chi connectivity index (χ0v) is 13.3. The van der Waals surface area contributed by atoms with Gasteiger partial charge < -0.3 is 9.67 Å². The van der Waals surface area contributed by atoms with Crippen LogP contribution in [0.3, 0.4) is 0 Å². The van der Waals surface area contributed by atoms with Gasteiger partial charge in [-0.25, -0.2) is 9.37 Å². The molecule has 3 nitrogen and oxygen atoms in total. The van der Waals surface area contributed by atoms with E-state index in [0.717, 1.165) is 22.0 Å². The fourth-order valence-corrected chi connectivity index (χ4v) is 3.28. The molecule has 0 amide bonds. The van der Waals surface area contributed by atoms with Crippen LogP contribution in [0.4, 0.5) is 4.39 Å². The highest BCUT2D eigenvalue weighted by Gasteiger charge is 2.11. The van der Waals surface area contributed by atoms with Crippen LogP contribution in [0.25, 0.3) is 0 Å². The van der Waals surface area contributed by atoms with Gasteiger partial charge in [-0.05, 0) is 23.3 Å². The number of hydrogen-bond donors (Lipinski definition) is 1. The lowest BCUT2D eigenvalue weighted by atomic mass is 10.2. The molecule has 0 spiro atoms. The highest BCUT2D eigenvalue weighted by atomic mass is 32.2. The van der Waals surface area contributed by atoms with Gasteiger partial charge in [-0.2, -0.15) is 0 Å². The van der Waals surface area contributed by atoms with Gasteiger partial charge in [-0.3, -0.25) is 0 Å². The predicted molar refractivity (Wildman–Crippen MR) is 89.7 cm³/mol. The summed E-state index contributed by atoms with van der Waals surface area (Å²) in [5, 5.41) is 10.3. The molecule has 1 heterocycles. The first kappa shape index (κ1) is 15.8. The topological polar surface area (TPSA) is 38.1 Å². The Morgan fingerprint density at radius 2 is 1.83 bits per heavy atom. The first-order valence-corrected chi connectivity index (χ1v) is 8.31. The normalized spacial score (nSPS) is 10.9. The van der Waals surface area contributed by atoms with Crippen molar-refractivity contribution in [1.29, 1.82) is 0 Å². The second-order valence-electron chi connectivity index (χ2n) is 5.18. The first-order valence-electron chi connectivity index (χ1n) is 7.32. The van der Waals surface area contributed by atoms with Gasteiger partial charge >= 0.3 is 0 Å². The maximum atomic E-state index is 13.3. The summed E-state index contributed by atoms with van der Waals surface area (Å²) in [6, 6.07) is 16.6. The summed E-state index contributed by atoms with van der Waals surface area (Å²) in [4.78, 5) is 4.39. The molecule has 3 rings (SSSR count). The lowest BCUT2D eigenvalue weighted by Crippen LogP contribution is -2.06. The summed E-state index contributed by atoms with van der Waals surface area (Å²) in [5.41, 5.74) is 2.83. The molecule has 118 valence electrons. The molecule has 0 saturated carbocycles. The Bertz CT molecular complexity index is 774. The van der Waals surface area contributed by atoms with Gasteiger partial charge in [-0.15, -0.1) is 0 Å². The van der Waals surface area contributed by atoms with Crippen molar-refractivity contribution in [3.05, 3.63) is 83.4 Å². The van der Waals surface area contributed by atoms with E-state index in [4.69, 9.17) is 0 Å². The van der Waals surface area contributed by atoms with Gasteiger partial charge in [0.1, 0.15) is 5.82 Å². The molecule has 0 atom stereocenters. The van der Waals surface area contributed by atoms with Gasteiger partial charge in [0.2, 0.25) is 0 Å². The van der Waals surface area contributed by atoms with Crippen LogP contribution < -0.4 is 0 Å². The molecule has 0 aliphatic carbocycles. The number of hydrogen-bond acceptors (Lipinski definition) is 3. The summed E-state index contributed by atoms with van der Waals surface area (Å²) in [6.07, 6.45) is 1.69. The number of halogens is 1. The molecule has 1 N–H and O–H groups in total. The zero-order valence-electron chi connectivity index (χ0n) is 12.5. The Hall–Kier alpha value is -2.11. The third kappa shape index (κ3) is 4.00. The van der Waals surface area contributed by atoms with Crippen molar-refractivity contribution >= 4 is 11.8 Å². The molecule has 1 aromatic heterocycles. The number of thioether (sulfide) groups is 1. The molecule has 23 heavy (non-hydrogen) atoms. The Morgan fingerprint density at radius 1 is 1.04 bits per heavy atom. The van der Waals surface area contributed by atoms with E-state index in [-0.39, 0.29) is 12.4 Å². The second kappa shape index (κ2) is 7.44. The van der Waals surface area contributed by atoms with Crippen molar-refractivity contribution in [2.75, 3.05) is 0 Å². The van der Waals surface area contributed by atoms with Gasteiger partial charge in [0.25, 0.3) is 0 Å². The SMILES string of the molecule is OCc1cnc(SCc2cccc(F)c2)n1Cc1ccccc1. The fourth-order valence-electron chi connectivity index (χ4n) is 2.34. The van der Waals surface area contributed by atoms with Crippen molar-refractivity contribution in [1.82, 2.24) is 9.55 Å². The summed E-state index contributed by atoms with van der Waals surface area (Å²) >= 11 is 1.54. The molecule has 0 fully saturated rings. The molecular weight excluding hydrogens is 311 g/mol. The van der Waals surface area contributed by atoms with Crippen molar-refractivity contribution in [3.8, 4) is 0 Å². The Balaban J connectivity index is 1.78. The smallest absolute Gasteiger partial charge is 0.168 e. The van der Waals surface area contributed by atoms with Crippen molar-refractivity contribution in [2.24, 2.45) is 0 Å². The van der Waals surface area contributed by atoms with E-state index in [1.54, 1.807) is 12.3 Å². The summed E-state index contributed by atoms with van der Waals surface area (Å²) < 4.78 is 15.3. The highest BCUT2D eigenvalue weighted by Crippen LogP contribution is 2.24. The number of aliphatic hydroxyl groups excluding tert-OH is 1. The van der Waals surface area contributed by atoms with Crippen LogP contribution in [0.15, 0.2) is 66.0 Å². The van der Waals surface area contributed by atoms with E-state index in [1.165, 1.54) is 23.9 Å². The average molecular weight is 328 g/mol. The van der Waals surface area contributed by atoms with Crippen LogP contribution in [-0.2, 0) is 18.9 Å². The minimum Gasteiger partial charge on any atom is -0.390 e. The van der Waals surface area contributed by atoms with E-state index in [2.05, 4.69) is 4.98 Å². The maximum absolute atomic E-state index is 13.3. The molecule has 2 aromatic carbocycles. The van der Waals surface area contributed by atoms with E-state index in [0.29, 0.717) is 12.3 Å². The van der Waals surface area contributed by atoms with Gasteiger partial charge in [0, 0.05) is 12.3 Å². The lowest BCUT2D eigenvalue weighted by Gasteiger charge is -2.11. The van der Waals surface area contributed by atoms with Gasteiger partial charge in [-0.1, -0.05) is 54.2 Å². The van der Waals surface area contributed by atoms with Crippen LogP contribution in [0.2, 0.25) is 0 Å². The maximum Gasteiger partial charge on any atom is 0.168 e. The summed E-state index contributed by atoms with van der Waals surface area (Å²) in [7, 11) is 0. The number of aromatic nitrogens is 2. The van der Waals surface area contributed by atoms with E-state index < -0.39 is 0 Å². The standard InChI is InChI=1S/C18H17FN2OS/c19-16-8-4-7-15(9-16)13-23-18-20-10-17(12-22)21(18)11-14-5-2-1-3-6-14/h1-10,22H,11-13H2. The number of rotatable bonds is 6. The number of imidazole rings is 1. The number of nitrogens with zero attached hydrogens (tertiary/aromatic N) is 2. The quantitative estimate of drug-likeness (QED) is 0.698. The molecule has 0 saturated heterocycles. The molecule has 0 unspecified atom stereocenters. The molecule has 5 heteroatoms. The van der Waals surface area contributed by atoms with Crippen LogP contribution in [0, 0.1) is 5.82 Å². The van der Waals surface area contributed by atoms with Gasteiger partial charge in [0.15, 0.2) is 5.16 Å². The molecule has 0 aliphatic heterocycles. The third-order valence-corrected chi connectivity index (χ3v) is 4.57. The molecule has 3 aromatic rings. The second-order valence-corrected chi connectivity index (χ2v) is 6.12. The summed E-state index contributed by atoms with van der Waals surface area (Å²) in [5.74, 6) is 0.404. The van der Waals surface area contributed by atoms with E-state index in [9.17, 15) is 9.50 Å². The number of benzene rings is 2. The molecule has 0 aliphatic rings. The third-order valence-electron chi connectivity index (χ3n) is 3.50. The fraction of sp³-hybridized carbons (Fsp3) is 0.167. The average Bonchev–Trinajstić information content (AvgIpc) is 2.96.